The molecule has 0 saturated carbocycles. The third-order valence-corrected chi connectivity index (χ3v) is 4.54. The van der Waals surface area contributed by atoms with E-state index in [1.54, 1.807) is 12.4 Å². The van der Waals surface area contributed by atoms with Gasteiger partial charge in [-0.25, -0.2) is 13.1 Å². The Labute approximate surface area is 114 Å². The van der Waals surface area contributed by atoms with Crippen LogP contribution >= 0.6 is 11.6 Å². The predicted octanol–water partition coefficient (Wildman–Crippen LogP) is 1.95. The largest absolute Gasteiger partial charge is 0.265 e. The van der Waals surface area contributed by atoms with E-state index in [0.29, 0.717) is 19.4 Å². The summed E-state index contributed by atoms with van der Waals surface area (Å²) >= 11 is 5.93. The van der Waals surface area contributed by atoms with Gasteiger partial charge in [-0.15, -0.1) is 11.6 Å². The number of aryl methyl sites for hydroxylation is 1. The molecule has 1 heterocycles. The highest BCUT2D eigenvalue weighted by Crippen LogP contribution is 2.05. The van der Waals surface area contributed by atoms with Gasteiger partial charge in [-0.1, -0.05) is 6.92 Å². The summed E-state index contributed by atoms with van der Waals surface area (Å²) in [6.45, 7) is 2.39. The monoisotopic (exact) mass is 290 g/mol. The Morgan fingerprint density at radius 3 is 2.67 bits per heavy atom. The molecule has 1 rings (SSSR count). The number of aromatic nitrogens is 1. The summed E-state index contributed by atoms with van der Waals surface area (Å²) in [6, 6.07) is 3.64. The van der Waals surface area contributed by atoms with Crippen molar-refractivity contribution in [3.8, 4) is 0 Å². The lowest BCUT2D eigenvalue weighted by molar-refractivity contribution is 0.576. The van der Waals surface area contributed by atoms with E-state index >= 15 is 0 Å². The fraction of sp³-hybridized carbons (Fsp3) is 0.583. The maximum atomic E-state index is 11.7. The lowest BCUT2D eigenvalue weighted by Gasteiger charge is -2.08. The van der Waals surface area contributed by atoms with Gasteiger partial charge in [-0.3, -0.25) is 4.98 Å². The van der Waals surface area contributed by atoms with Crippen LogP contribution in [0.2, 0.25) is 0 Å². The second-order valence-corrected chi connectivity index (χ2v) is 6.66. The summed E-state index contributed by atoms with van der Waals surface area (Å²) in [5.74, 6) is 0.0933. The summed E-state index contributed by atoms with van der Waals surface area (Å²) < 4.78 is 26.0. The van der Waals surface area contributed by atoms with Crippen LogP contribution in [0.3, 0.4) is 0 Å². The number of alkyl halides is 1. The number of halogens is 1. The second-order valence-electron chi connectivity index (χ2n) is 4.11. The summed E-state index contributed by atoms with van der Waals surface area (Å²) in [5.41, 5.74) is 0.971. The zero-order valence-electron chi connectivity index (χ0n) is 10.5. The second kappa shape index (κ2) is 7.71. The van der Waals surface area contributed by atoms with Gasteiger partial charge >= 0.3 is 0 Å². The standard InChI is InChI=1S/C12H19ClN2O2S/c1-2-12(13)5-9-15-18(16,17)10-6-11-3-7-14-8-4-11/h3-4,7-8,12,15H,2,5-6,9-10H2,1H3. The van der Waals surface area contributed by atoms with Crippen LogP contribution in [-0.2, 0) is 16.4 Å². The van der Waals surface area contributed by atoms with Crippen molar-refractivity contribution in [3.05, 3.63) is 30.1 Å². The summed E-state index contributed by atoms with van der Waals surface area (Å²) in [6.07, 6.45) is 5.33. The Kier molecular flexibility index (Phi) is 6.60. The van der Waals surface area contributed by atoms with Crippen LogP contribution < -0.4 is 4.72 Å². The van der Waals surface area contributed by atoms with Gasteiger partial charge in [0.25, 0.3) is 0 Å². The quantitative estimate of drug-likeness (QED) is 0.745. The molecule has 6 heteroatoms. The molecule has 0 bridgehead atoms. The molecule has 0 aliphatic heterocycles. The maximum Gasteiger partial charge on any atom is 0.211 e. The average molecular weight is 291 g/mol. The highest BCUT2D eigenvalue weighted by atomic mass is 35.5. The van der Waals surface area contributed by atoms with Crippen molar-refractivity contribution in [1.29, 1.82) is 0 Å². The van der Waals surface area contributed by atoms with Gasteiger partial charge in [0.2, 0.25) is 10.0 Å². The van der Waals surface area contributed by atoms with E-state index in [1.165, 1.54) is 0 Å². The van der Waals surface area contributed by atoms with Gasteiger partial charge in [0.15, 0.2) is 0 Å². The fourth-order valence-electron chi connectivity index (χ4n) is 1.45. The molecule has 0 aromatic carbocycles. The van der Waals surface area contributed by atoms with E-state index in [-0.39, 0.29) is 11.1 Å². The van der Waals surface area contributed by atoms with Gasteiger partial charge in [0.05, 0.1) is 5.75 Å². The van der Waals surface area contributed by atoms with Crippen LogP contribution in [0.15, 0.2) is 24.5 Å². The minimum atomic E-state index is -3.21. The molecular weight excluding hydrogens is 272 g/mol. The lowest BCUT2D eigenvalue weighted by Crippen LogP contribution is -2.29. The van der Waals surface area contributed by atoms with E-state index < -0.39 is 10.0 Å². The number of rotatable bonds is 8. The van der Waals surface area contributed by atoms with Crippen LogP contribution in [-0.4, -0.2) is 31.1 Å². The Balaban J connectivity index is 2.32. The highest BCUT2D eigenvalue weighted by molar-refractivity contribution is 7.89. The molecule has 4 nitrogen and oxygen atoms in total. The van der Waals surface area contributed by atoms with Gasteiger partial charge in [-0.05, 0) is 37.0 Å². The van der Waals surface area contributed by atoms with Crippen molar-refractivity contribution < 1.29 is 8.42 Å². The lowest BCUT2D eigenvalue weighted by atomic mass is 10.2. The van der Waals surface area contributed by atoms with Gasteiger partial charge in [0.1, 0.15) is 0 Å². The van der Waals surface area contributed by atoms with Gasteiger partial charge in [-0.2, -0.15) is 0 Å². The molecule has 1 N–H and O–H groups in total. The number of nitrogens with zero attached hydrogens (tertiary/aromatic N) is 1. The molecule has 0 fully saturated rings. The van der Waals surface area contributed by atoms with Crippen molar-refractivity contribution in [2.75, 3.05) is 12.3 Å². The molecule has 0 radical (unpaired) electrons. The molecule has 1 unspecified atom stereocenters. The molecule has 18 heavy (non-hydrogen) atoms. The van der Waals surface area contributed by atoms with Crippen molar-refractivity contribution >= 4 is 21.6 Å². The molecule has 1 aromatic rings. The Morgan fingerprint density at radius 1 is 1.39 bits per heavy atom. The highest BCUT2D eigenvalue weighted by Gasteiger charge is 2.10. The average Bonchev–Trinajstić information content (AvgIpc) is 2.37. The van der Waals surface area contributed by atoms with E-state index in [2.05, 4.69) is 9.71 Å². The predicted molar refractivity (Wildman–Crippen MR) is 74.3 cm³/mol. The zero-order valence-corrected chi connectivity index (χ0v) is 12.0. The van der Waals surface area contributed by atoms with Crippen molar-refractivity contribution in [2.24, 2.45) is 0 Å². The molecule has 102 valence electrons. The van der Waals surface area contributed by atoms with Gasteiger partial charge in [0, 0.05) is 24.3 Å². The van der Waals surface area contributed by atoms with E-state index in [0.717, 1.165) is 12.0 Å². The topological polar surface area (TPSA) is 59.1 Å². The number of hydrogen-bond donors (Lipinski definition) is 1. The maximum absolute atomic E-state index is 11.7. The third-order valence-electron chi connectivity index (χ3n) is 2.63. The van der Waals surface area contributed by atoms with Crippen LogP contribution in [0.25, 0.3) is 0 Å². The summed E-state index contributed by atoms with van der Waals surface area (Å²) in [7, 11) is -3.21. The molecule has 1 atom stereocenters. The van der Waals surface area contributed by atoms with Crippen LogP contribution in [0.1, 0.15) is 25.3 Å². The third kappa shape index (κ3) is 6.33. The zero-order chi connectivity index (χ0) is 13.4. The number of nitrogens with one attached hydrogen (secondary N) is 1. The van der Waals surface area contributed by atoms with E-state index in [9.17, 15) is 8.42 Å². The molecule has 1 aromatic heterocycles. The molecule has 0 aliphatic rings. The summed E-state index contributed by atoms with van der Waals surface area (Å²) in [4.78, 5) is 3.89. The first kappa shape index (κ1) is 15.4. The Hall–Kier alpha value is -0.650. The van der Waals surface area contributed by atoms with Crippen LogP contribution in [0.5, 0.6) is 0 Å². The smallest absolute Gasteiger partial charge is 0.211 e. The first-order valence-corrected chi connectivity index (χ1v) is 8.12. The Morgan fingerprint density at radius 2 is 2.06 bits per heavy atom. The SMILES string of the molecule is CCC(Cl)CCNS(=O)(=O)CCc1ccncc1. The number of sulfonamides is 1. The van der Waals surface area contributed by atoms with E-state index in [4.69, 9.17) is 11.6 Å². The van der Waals surface area contributed by atoms with Crippen LogP contribution in [0.4, 0.5) is 0 Å². The first-order valence-electron chi connectivity index (χ1n) is 6.04. The van der Waals surface area contributed by atoms with Crippen molar-refractivity contribution in [1.82, 2.24) is 9.71 Å². The fourth-order valence-corrected chi connectivity index (χ4v) is 2.64. The Bertz CT molecular complexity index is 437. The molecule has 0 amide bonds. The molecule has 0 aliphatic carbocycles. The first-order chi connectivity index (χ1) is 8.53. The molecule has 0 saturated heterocycles. The van der Waals surface area contributed by atoms with E-state index in [1.807, 2.05) is 19.1 Å². The number of pyridine rings is 1. The van der Waals surface area contributed by atoms with Gasteiger partial charge < -0.3 is 0 Å². The molecular formula is C12H19ClN2O2S. The molecule has 0 spiro atoms. The van der Waals surface area contributed by atoms with Crippen molar-refractivity contribution in [2.45, 2.75) is 31.6 Å². The normalized spacial score (nSPS) is 13.4. The summed E-state index contributed by atoms with van der Waals surface area (Å²) in [5, 5.41) is 0.0351. The van der Waals surface area contributed by atoms with Crippen molar-refractivity contribution in [3.63, 3.8) is 0 Å². The number of hydrogen-bond acceptors (Lipinski definition) is 3. The minimum absolute atomic E-state index is 0.0351. The minimum Gasteiger partial charge on any atom is -0.265 e. The van der Waals surface area contributed by atoms with Crippen LogP contribution in [0, 0.1) is 0 Å².